The van der Waals surface area contributed by atoms with E-state index in [2.05, 4.69) is 20.3 Å². The number of nitrogens with one attached hydrogen (secondary N) is 1. The maximum Gasteiger partial charge on any atom is 0.0996 e. The first-order valence-corrected chi connectivity index (χ1v) is 7.42. The summed E-state index contributed by atoms with van der Waals surface area (Å²) < 4.78 is 2.18. The topological polar surface area (TPSA) is 42.7 Å². The third-order valence-corrected chi connectivity index (χ3v) is 4.42. The average Bonchev–Trinajstić information content (AvgIpc) is 3.04. The van der Waals surface area contributed by atoms with E-state index >= 15 is 0 Å². The van der Waals surface area contributed by atoms with Crippen molar-refractivity contribution >= 4 is 0 Å². The Kier molecular flexibility index (Phi) is 3.64. The molecule has 1 N–H and O–H groups in total. The quantitative estimate of drug-likeness (QED) is 0.804. The van der Waals surface area contributed by atoms with Crippen molar-refractivity contribution in [3.05, 3.63) is 11.4 Å². The second-order valence-corrected chi connectivity index (χ2v) is 5.97. The van der Waals surface area contributed by atoms with Crippen LogP contribution in [0.3, 0.4) is 0 Å². The molecular formula is C14H24N4. The van der Waals surface area contributed by atoms with Gasteiger partial charge in [0.25, 0.3) is 0 Å². The highest BCUT2D eigenvalue weighted by Gasteiger charge is 2.26. The number of hydrogen-bond acceptors (Lipinski definition) is 3. The van der Waals surface area contributed by atoms with Crippen molar-refractivity contribution in [1.29, 1.82) is 0 Å². The zero-order chi connectivity index (χ0) is 12.4. The van der Waals surface area contributed by atoms with Crippen molar-refractivity contribution in [2.24, 2.45) is 11.8 Å². The van der Waals surface area contributed by atoms with Gasteiger partial charge in [-0.25, -0.2) is 4.68 Å². The van der Waals surface area contributed by atoms with Crippen molar-refractivity contribution in [1.82, 2.24) is 20.3 Å². The van der Waals surface area contributed by atoms with E-state index < -0.39 is 0 Å². The van der Waals surface area contributed by atoms with E-state index in [1.165, 1.54) is 50.6 Å². The highest BCUT2D eigenvalue weighted by Crippen LogP contribution is 2.34. The lowest BCUT2D eigenvalue weighted by atomic mass is 9.83. The molecule has 2 aliphatic carbocycles. The molecule has 2 saturated carbocycles. The van der Waals surface area contributed by atoms with E-state index in [0.29, 0.717) is 0 Å². The van der Waals surface area contributed by atoms with Gasteiger partial charge in [-0.15, -0.1) is 5.10 Å². The first-order valence-electron chi connectivity index (χ1n) is 7.42. The molecule has 100 valence electrons. The molecule has 0 spiro atoms. The third kappa shape index (κ3) is 2.74. The van der Waals surface area contributed by atoms with E-state index in [9.17, 15) is 0 Å². The number of nitrogens with zero attached hydrogens (tertiary/aromatic N) is 3. The molecule has 1 aromatic heterocycles. The highest BCUT2D eigenvalue weighted by atomic mass is 15.4. The second-order valence-electron chi connectivity index (χ2n) is 5.97. The molecular weight excluding hydrogens is 224 g/mol. The first kappa shape index (κ1) is 12.2. The van der Waals surface area contributed by atoms with Gasteiger partial charge in [-0.1, -0.05) is 24.5 Å². The molecule has 18 heavy (non-hydrogen) atoms. The Balaban J connectivity index is 1.65. The summed E-state index contributed by atoms with van der Waals surface area (Å²) in [5.41, 5.74) is 2.56. The number of aryl methyl sites for hydroxylation is 1. The Morgan fingerprint density at radius 3 is 2.67 bits per heavy atom. The molecule has 4 nitrogen and oxygen atoms in total. The number of rotatable bonds is 7. The van der Waals surface area contributed by atoms with Crippen LogP contribution in [-0.2, 0) is 19.5 Å². The Bertz CT molecular complexity index is 390. The van der Waals surface area contributed by atoms with Gasteiger partial charge >= 0.3 is 0 Å². The first-order chi connectivity index (χ1) is 8.86. The van der Waals surface area contributed by atoms with Gasteiger partial charge < -0.3 is 5.32 Å². The summed E-state index contributed by atoms with van der Waals surface area (Å²) >= 11 is 0. The predicted molar refractivity (Wildman–Crippen MR) is 71.2 cm³/mol. The van der Waals surface area contributed by atoms with Crippen molar-refractivity contribution in [3.8, 4) is 0 Å². The average molecular weight is 248 g/mol. The summed E-state index contributed by atoms with van der Waals surface area (Å²) in [4.78, 5) is 0. The molecule has 0 aromatic carbocycles. The lowest BCUT2D eigenvalue weighted by Gasteiger charge is -2.25. The molecule has 0 atom stereocenters. The fourth-order valence-corrected chi connectivity index (χ4v) is 2.76. The summed E-state index contributed by atoms with van der Waals surface area (Å²) in [6.45, 7) is 1.93. The van der Waals surface area contributed by atoms with Crippen LogP contribution in [0.5, 0.6) is 0 Å². The second kappa shape index (κ2) is 5.39. The van der Waals surface area contributed by atoms with Crippen molar-refractivity contribution in [3.63, 3.8) is 0 Å². The molecule has 0 saturated heterocycles. The Labute approximate surface area is 109 Å². The number of hydrogen-bond donors (Lipinski definition) is 1. The van der Waals surface area contributed by atoms with Crippen LogP contribution in [-0.4, -0.2) is 22.0 Å². The highest BCUT2D eigenvalue weighted by molar-refractivity contribution is 5.12. The summed E-state index contributed by atoms with van der Waals surface area (Å²) in [6.07, 6.45) is 9.56. The molecule has 3 rings (SSSR count). The molecule has 2 fully saturated rings. The number of aromatic nitrogens is 3. The fourth-order valence-electron chi connectivity index (χ4n) is 2.76. The van der Waals surface area contributed by atoms with Gasteiger partial charge in [0.15, 0.2) is 0 Å². The van der Waals surface area contributed by atoms with E-state index in [-0.39, 0.29) is 0 Å². The van der Waals surface area contributed by atoms with Gasteiger partial charge in [-0.05, 0) is 44.6 Å². The molecule has 0 unspecified atom stereocenters. The Morgan fingerprint density at radius 1 is 1.22 bits per heavy atom. The van der Waals surface area contributed by atoms with Gasteiger partial charge in [0.1, 0.15) is 0 Å². The maximum atomic E-state index is 4.37. The van der Waals surface area contributed by atoms with Crippen LogP contribution in [0, 0.1) is 11.8 Å². The zero-order valence-corrected chi connectivity index (χ0v) is 11.4. The fraction of sp³-hybridized carbons (Fsp3) is 0.857. The minimum Gasteiger partial charge on any atom is -0.314 e. The van der Waals surface area contributed by atoms with E-state index in [1.54, 1.807) is 0 Å². The molecule has 1 heterocycles. The lowest BCUT2D eigenvalue weighted by molar-refractivity contribution is 0.275. The van der Waals surface area contributed by atoms with Crippen LogP contribution >= 0.6 is 0 Å². The monoisotopic (exact) mass is 248 g/mol. The SMILES string of the molecule is CNCc1nnn(CCC2CCC2)c1CC1CC1. The van der Waals surface area contributed by atoms with E-state index in [1.807, 2.05) is 7.05 Å². The minimum absolute atomic E-state index is 0.853. The predicted octanol–water partition coefficient (Wildman–Crippen LogP) is 2.14. The zero-order valence-electron chi connectivity index (χ0n) is 11.4. The molecule has 0 aliphatic heterocycles. The van der Waals surface area contributed by atoms with Gasteiger partial charge in [0.05, 0.1) is 11.4 Å². The molecule has 1 aromatic rings. The van der Waals surface area contributed by atoms with Crippen molar-refractivity contribution in [2.45, 2.75) is 58.0 Å². The van der Waals surface area contributed by atoms with Crippen LogP contribution in [0.2, 0.25) is 0 Å². The Morgan fingerprint density at radius 2 is 2.06 bits per heavy atom. The van der Waals surface area contributed by atoms with Crippen LogP contribution in [0.25, 0.3) is 0 Å². The van der Waals surface area contributed by atoms with E-state index in [4.69, 9.17) is 0 Å². The summed E-state index contributed by atoms with van der Waals surface area (Å²) in [5, 5.41) is 11.9. The van der Waals surface area contributed by atoms with Crippen LogP contribution in [0.4, 0.5) is 0 Å². The smallest absolute Gasteiger partial charge is 0.0996 e. The normalized spacial score (nSPS) is 20.1. The van der Waals surface area contributed by atoms with Gasteiger partial charge in [-0.3, -0.25) is 0 Å². The molecule has 0 amide bonds. The standard InChI is InChI=1S/C14H24N4/c1-15-10-13-14(9-12-5-6-12)18(17-16-13)8-7-11-3-2-4-11/h11-12,15H,2-10H2,1H3. The largest absolute Gasteiger partial charge is 0.314 e. The molecule has 0 bridgehead atoms. The Hall–Kier alpha value is -0.900. The van der Waals surface area contributed by atoms with Crippen molar-refractivity contribution < 1.29 is 0 Å². The van der Waals surface area contributed by atoms with Gasteiger partial charge in [0.2, 0.25) is 0 Å². The summed E-state index contributed by atoms with van der Waals surface area (Å²) in [5.74, 6) is 1.86. The van der Waals surface area contributed by atoms with Gasteiger partial charge in [-0.2, -0.15) is 0 Å². The van der Waals surface area contributed by atoms with Crippen LogP contribution in [0.15, 0.2) is 0 Å². The molecule has 4 heteroatoms. The van der Waals surface area contributed by atoms with Crippen molar-refractivity contribution in [2.75, 3.05) is 7.05 Å². The lowest BCUT2D eigenvalue weighted by Crippen LogP contribution is -2.16. The maximum absolute atomic E-state index is 4.37. The molecule has 2 aliphatic rings. The van der Waals surface area contributed by atoms with Crippen LogP contribution < -0.4 is 5.32 Å². The van der Waals surface area contributed by atoms with Crippen LogP contribution in [0.1, 0.15) is 49.9 Å². The summed E-state index contributed by atoms with van der Waals surface area (Å²) in [7, 11) is 1.98. The van der Waals surface area contributed by atoms with Gasteiger partial charge in [0, 0.05) is 13.1 Å². The summed E-state index contributed by atoms with van der Waals surface area (Å²) in [6, 6.07) is 0. The van der Waals surface area contributed by atoms with E-state index in [0.717, 1.165) is 30.6 Å². The minimum atomic E-state index is 0.853. The molecule has 0 radical (unpaired) electrons. The third-order valence-electron chi connectivity index (χ3n) is 4.42.